The Morgan fingerprint density at radius 3 is 3.00 bits per heavy atom. The van der Waals surface area contributed by atoms with E-state index < -0.39 is 0 Å². The van der Waals surface area contributed by atoms with Gasteiger partial charge in [0.05, 0.1) is 0 Å². The topological polar surface area (TPSA) is 41.1 Å². The van der Waals surface area contributed by atoms with E-state index in [1.54, 1.807) is 12.1 Å². The maximum absolute atomic E-state index is 13.0. The molecule has 0 aliphatic carbocycles. The van der Waals surface area contributed by atoms with Gasteiger partial charge in [-0.1, -0.05) is 13.0 Å². The summed E-state index contributed by atoms with van der Waals surface area (Å²) in [5, 5.41) is 6.12. The van der Waals surface area contributed by atoms with Crippen LogP contribution in [-0.2, 0) is 4.79 Å². The van der Waals surface area contributed by atoms with Gasteiger partial charge in [-0.3, -0.25) is 4.79 Å². The Kier molecular flexibility index (Phi) is 6.96. The lowest BCUT2D eigenvalue weighted by atomic mass is 9.85. The molecule has 1 aliphatic rings. The molecule has 0 bridgehead atoms. The Bertz CT molecular complexity index is 436. The van der Waals surface area contributed by atoms with E-state index in [1.807, 2.05) is 0 Å². The Labute approximate surface area is 125 Å². The van der Waals surface area contributed by atoms with Gasteiger partial charge in [-0.15, -0.1) is 12.4 Å². The highest BCUT2D eigenvalue weighted by molar-refractivity contribution is 5.90. The van der Waals surface area contributed by atoms with E-state index in [4.69, 9.17) is 0 Å². The first-order chi connectivity index (χ1) is 9.15. The molecule has 0 radical (unpaired) electrons. The molecule has 112 valence electrons. The molecule has 1 amide bonds. The molecule has 1 aliphatic heterocycles. The number of carbonyl (C=O) groups excluding carboxylic acids is 1. The lowest BCUT2D eigenvalue weighted by Gasteiger charge is -2.28. The summed E-state index contributed by atoms with van der Waals surface area (Å²) >= 11 is 0. The third-order valence-electron chi connectivity index (χ3n) is 3.76. The lowest BCUT2D eigenvalue weighted by Crippen LogP contribution is -2.34. The minimum atomic E-state index is -0.331. The van der Waals surface area contributed by atoms with Crippen LogP contribution in [0.2, 0.25) is 0 Å². The molecule has 5 heteroatoms. The van der Waals surface area contributed by atoms with Gasteiger partial charge in [0.15, 0.2) is 0 Å². The average Bonchev–Trinajstić information content (AvgIpc) is 2.39. The highest BCUT2D eigenvalue weighted by Crippen LogP contribution is 2.23. The number of piperidine rings is 1. The molecular formula is C15H22ClFN2O. The Hall–Kier alpha value is -1.13. The molecule has 0 aromatic heterocycles. The van der Waals surface area contributed by atoms with Crippen LogP contribution in [-0.4, -0.2) is 19.0 Å². The third-order valence-corrected chi connectivity index (χ3v) is 3.76. The van der Waals surface area contributed by atoms with Gasteiger partial charge in [0.25, 0.3) is 0 Å². The SMILES string of the molecule is CC(CC(=O)Nc1cccc(F)c1)C1CCCNC1.Cl. The zero-order valence-electron chi connectivity index (χ0n) is 11.7. The zero-order chi connectivity index (χ0) is 13.7. The van der Waals surface area contributed by atoms with Crippen LogP contribution in [0.5, 0.6) is 0 Å². The van der Waals surface area contributed by atoms with Gasteiger partial charge < -0.3 is 10.6 Å². The molecule has 1 fully saturated rings. The first kappa shape index (κ1) is 16.9. The van der Waals surface area contributed by atoms with Crippen molar-refractivity contribution in [2.24, 2.45) is 11.8 Å². The lowest BCUT2D eigenvalue weighted by molar-refractivity contribution is -0.117. The molecular weight excluding hydrogens is 279 g/mol. The average molecular weight is 301 g/mol. The Balaban J connectivity index is 0.00000200. The molecule has 2 N–H and O–H groups in total. The summed E-state index contributed by atoms with van der Waals surface area (Å²) in [6, 6.07) is 6.00. The molecule has 1 saturated heterocycles. The normalized spacial score (nSPS) is 19.8. The fourth-order valence-corrected chi connectivity index (χ4v) is 2.60. The maximum atomic E-state index is 13.0. The second-order valence-electron chi connectivity index (χ2n) is 5.35. The van der Waals surface area contributed by atoms with Crippen molar-refractivity contribution < 1.29 is 9.18 Å². The quantitative estimate of drug-likeness (QED) is 0.896. The van der Waals surface area contributed by atoms with Crippen LogP contribution in [0.25, 0.3) is 0 Å². The first-order valence-electron chi connectivity index (χ1n) is 6.91. The summed E-state index contributed by atoms with van der Waals surface area (Å²) in [6.07, 6.45) is 2.85. The second-order valence-corrected chi connectivity index (χ2v) is 5.35. The van der Waals surface area contributed by atoms with E-state index in [2.05, 4.69) is 17.6 Å². The van der Waals surface area contributed by atoms with Crippen molar-refractivity contribution in [1.82, 2.24) is 5.32 Å². The molecule has 1 aromatic carbocycles. The van der Waals surface area contributed by atoms with Gasteiger partial charge in [0.1, 0.15) is 5.82 Å². The van der Waals surface area contributed by atoms with Crippen LogP contribution in [0.3, 0.4) is 0 Å². The summed E-state index contributed by atoms with van der Waals surface area (Å²) in [6.45, 7) is 4.19. The van der Waals surface area contributed by atoms with Gasteiger partial charge in [0, 0.05) is 12.1 Å². The number of nitrogens with one attached hydrogen (secondary N) is 2. The summed E-state index contributed by atoms with van der Waals surface area (Å²) in [7, 11) is 0. The number of halogens is 2. The van der Waals surface area contributed by atoms with Crippen molar-refractivity contribution in [3.05, 3.63) is 30.1 Å². The van der Waals surface area contributed by atoms with E-state index in [0.29, 0.717) is 23.9 Å². The predicted molar refractivity (Wildman–Crippen MR) is 81.7 cm³/mol. The number of anilines is 1. The Morgan fingerprint density at radius 1 is 1.55 bits per heavy atom. The van der Waals surface area contributed by atoms with Gasteiger partial charge in [-0.2, -0.15) is 0 Å². The number of amides is 1. The molecule has 2 atom stereocenters. The first-order valence-corrected chi connectivity index (χ1v) is 6.91. The smallest absolute Gasteiger partial charge is 0.224 e. The number of benzene rings is 1. The largest absolute Gasteiger partial charge is 0.326 e. The molecule has 0 spiro atoms. The summed E-state index contributed by atoms with van der Waals surface area (Å²) < 4.78 is 13.0. The van der Waals surface area contributed by atoms with Gasteiger partial charge in [0.2, 0.25) is 5.91 Å². The van der Waals surface area contributed by atoms with Crippen molar-refractivity contribution >= 4 is 24.0 Å². The molecule has 1 aromatic rings. The molecule has 2 rings (SSSR count). The zero-order valence-corrected chi connectivity index (χ0v) is 12.5. The second kappa shape index (κ2) is 8.22. The minimum absolute atomic E-state index is 0. The predicted octanol–water partition coefficient (Wildman–Crippen LogP) is 3.21. The van der Waals surface area contributed by atoms with Crippen molar-refractivity contribution in [2.45, 2.75) is 26.2 Å². The van der Waals surface area contributed by atoms with Gasteiger partial charge in [-0.25, -0.2) is 4.39 Å². The van der Waals surface area contributed by atoms with E-state index >= 15 is 0 Å². The number of rotatable bonds is 4. The van der Waals surface area contributed by atoms with Crippen LogP contribution in [0.1, 0.15) is 26.2 Å². The minimum Gasteiger partial charge on any atom is -0.326 e. The monoisotopic (exact) mass is 300 g/mol. The standard InChI is InChI=1S/C15H21FN2O.ClH/c1-11(12-4-3-7-17-10-12)8-15(19)18-14-6-2-5-13(16)9-14;/h2,5-6,9,11-12,17H,3-4,7-8,10H2,1H3,(H,18,19);1H. The third kappa shape index (κ3) is 5.10. The van der Waals surface area contributed by atoms with Crippen LogP contribution in [0, 0.1) is 17.7 Å². The van der Waals surface area contributed by atoms with E-state index in [0.717, 1.165) is 13.1 Å². The van der Waals surface area contributed by atoms with E-state index in [-0.39, 0.29) is 24.1 Å². The van der Waals surface area contributed by atoms with Crippen LogP contribution in [0.4, 0.5) is 10.1 Å². The number of hydrogen-bond acceptors (Lipinski definition) is 2. The molecule has 0 saturated carbocycles. The van der Waals surface area contributed by atoms with Crippen molar-refractivity contribution in [2.75, 3.05) is 18.4 Å². The Morgan fingerprint density at radius 2 is 2.35 bits per heavy atom. The van der Waals surface area contributed by atoms with Crippen molar-refractivity contribution in [3.63, 3.8) is 0 Å². The fourth-order valence-electron chi connectivity index (χ4n) is 2.60. The summed E-state index contributed by atoms with van der Waals surface area (Å²) in [4.78, 5) is 11.9. The van der Waals surface area contributed by atoms with E-state index in [1.165, 1.54) is 25.0 Å². The van der Waals surface area contributed by atoms with Crippen LogP contribution >= 0.6 is 12.4 Å². The fraction of sp³-hybridized carbons (Fsp3) is 0.533. The van der Waals surface area contributed by atoms with Crippen molar-refractivity contribution in [3.8, 4) is 0 Å². The number of hydrogen-bond donors (Lipinski definition) is 2. The van der Waals surface area contributed by atoms with Gasteiger partial charge >= 0.3 is 0 Å². The molecule has 3 nitrogen and oxygen atoms in total. The molecule has 20 heavy (non-hydrogen) atoms. The summed E-state index contributed by atoms with van der Waals surface area (Å²) in [5.74, 6) is 0.541. The van der Waals surface area contributed by atoms with Crippen molar-refractivity contribution in [1.29, 1.82) is 0 Å². The highest BCUT2D eigenvalue weighted by atomic mass is 35.5. The van der Waals surface area contributed by atoms with Crippen LogP contribution in [0.15, 0.2) is 24.3 Å². The number of carbonyl (C=O) groups is 1. The highest BCUT2D eigenvalue weighted by Gasteiger charge is 2.21. The maximum Gasteiger partial charge on any atom is 0.224 e. The van der Waals surface area contributed by atoms with Crippen LogP contribution < -0.4 is 10.6 Å². The summed E-state index contributed by atoms with van der Waals surface area (Å²) in [5.41, 5.74) is 0.527. The van der Waals surface area contributed by atoms with E-state index in [9.17, 15) is 9.18 Å². The molecule has 2 unspecified atom stereocenters. The van der Waals surface area contributed by atoms with Gasteiger partial charge in [-0.05, 0) is 56.0 Å². The molecule has 1 heterocycles.